The minimum atomic E-state index is 0.574. The molecule has 0 fully saturated rings. The van der Waals surface area contributed by atoms with Gasteiger partial charge in [0.2, 0.25) is 0 Å². The molecule has 2 atom stereocenters. The second-order valence-electron chi connectivity index (χ2n) is 6.26. The van der Waals surface area contributed by atoms with Crippen molar-refractivity contribution in [2.45, 2.75) is 38.0 Å². The zero-order valence-electron chi connectivity index (χ0n) is 12.9. The summed E-state index contributed by atoms with van der Waals surface area (Å²) in [6.45, 7) is 4.47. The number of benzene rings is 2. The van der Waals surface area contributed by atoms with Crippen LogP contribution in [0.5, 0.6) is 0 Å². The molecule has 2 aromatic carbocycles. The topological polar surface area (TPSA) is 12.0 Å². The summed E-state index contributed by atoms with van der Waals surface area (Å²) in [7, 11) is 0. The first-order valence-electron chi connectivity index (χ1n) is 8.18. The highest BCUT2D eigenvalue weighted by molar-refractivity contribution is 5.32. The molecule has 0 aromatic heterocycles. The summed E-state index contributed by atoms with van der Waals surface area (Å²) < 4.78 is 0. The van der Waals surface area contributed by atoms with Crippen LogP contribution in [0, 0.1) is 0 Å². The van der Waals surface area contributed by atoms with Crippen molar-refractivity contribution in [3.63, 3.8) is 0 Å². The van der Waals surface area contributed by atoms with E-state index in [1.54, 1.807) is 11.1 Å². The molecule has 1 heteroatoms. The molecule has 3 rings (SSSR count). The molecule has 1 nitrogen and oxygen atoms in total. The molecule has 21 heavy (non-hydrogen) atoms. The van der Waals surface area contributed by atoms with Gasteiger partial charge in [-0.2, -0.15) is 0 Å². The summed E-state index contributed by atoms with van der Waals surface area (Å²) in [6, 6.07) is 19.8. The monoisotopic (exact) mass is 279 g/mol. The molecule has 1 aliphatic rings. The zero-order valence-corrected chi connectivity index (χ0v) is 12.9. The minimum absolute atomic E-state index is 0.574. The molecule has 0 radical (unpaired) electrons. The van der Waals surface area contributed by atoms with E-state index in [1.165, 1.54) is 24.8 Å². The highest BCUT2D eigenvalue weighted by Crippen LogP contribution is 2.30. The van der Waals surface area contributed by atoms with Crippen molar-refractivity contribution in [3.8, 4) is 0 Å². The van der Waals surface area contributed by atoms with Crippen molar-refractivity contribution in [3.05, 3.63) is 71.3 Å². The number of hydrogen-bond donors (Lipinski definition) is 1. The first kappa shape index (κ1) is 14.3. The number of aryl methyl sites for hydroxylation is 1. The lowest BCUT2D eigenvalue weighted by Gasteiger charge is -2.26. The quantitative estimate of drug-likeness (QED) is 0.849. The first-order chi connectivity index (χ1) is 10.3. The molecule has 0 saturated heterocycles. The Morgan fingerprint density at radius 3 is 2.67 bits per heavy atom. The van der Waals surface area contributed by atoms with E-state index >= 15 is 0 Å². The van der Waals surface area contributed by atoms with E-state index in [9.17, 15) is 0 Å². The molecule has 110 valence electrons. The van der Waals surface area contributed by atoms with Gasteiger partial charge in [-0.1, -0.05) is 61.5 Å². The third kappa shape index (κ3) is 3.54. The smallest absolute Gasteiger partial charge is 0.00204 e. The van der Waals surface area contributed by atoms with E-state index in [0.717, 1.165) is 13.1 Å². The van der Waals surface area contributed by atoms with Gasteiger partial charge in [-0.15, -0.1) is 0 Å². The number of fused-ring (bicyclic) bond motifs is 1. The van der Waals surface area contributed by atoms with Gasteiger partial charge in [0.15, 0.2) is 0 Å². The van der Waals surface area contributed by atoms with Crippen molar-refractivity contribution in [2.24, 2.45) is 0 Å². The van der Waals surface area contributed by atoms with Gasteiger partial charge in [0.1, 0.15) is 0 Å². The van der Waals surface area contributed by atoms with Crippen LogP contribution >= 0.6 is 0 Å². The average molecular weight is 279 g/mol. The molecule has 2 aromatic rings. The first-order valence-corrected chi connectivity index (χ1v) is 8.18. The fourth-order valence-corrected chi connectivity index (χ4v) is 3.44. The molecule has 1 N–H and O–H groups in total. The van der Waals surface area contributed by atoms with Crippen LogP contribution in [-0.4, -0.2) is 13.1 Å². The Morgan fingerprint density at radius 2 is 1.81 bits per heavy atom. The lowest BCUT2D eigenvalue weighted by Crippen LogP contribution is -2.27. The van der Waals surface area contributed by atoms with E-state index < -0.39 is 0 Å². The van der Waals surface area contributed by atoms with Gasteiger partial charge in [0, 0.05) is 13.1 Å². The zero-order chi connectivity index (χ0) is 14.5. The van der Waals surface area contributed by atoms with Crippen LogP contribution in [0.2, 0.25) is 0 Å². The Labute approximate surface area is 128 Å². The third-order valence-electron chi connectivity index (χ3n) is 4.70. The highest BCUT2D eigenvalue weighted by Gasteiger charge is 2.19. The summed E-state index contributed by atoms with van der Waals surface area (Å²) in [5.74, 6) is 1.27. The van der Waals surface area contributed by atoms with Crippen molar-refractivity contribution in [1.82, 2.24) is 5.32 Å². The van der Waals surface area contributed by atoms with Crippen LogP contribution in [0.3, 0.4) is 0 Å². The van der Waals surface area contributed by atoms with Crippen LogP contribution in [0.25, 0.3) is 0 Å². The van der Waals surface area contributed by atoms with Crippen LogP contribution in [-0.2, 0) is 6.42 Å². The average Bonchev–Trinajstić information content (AvgIpc) is 2.56. The van der Waals surface area contributed by atoms with E-state index in [1.807, 2.05) is 0 Å². The van der Waals surface area contributed by atoms with E-state index in [-0.39, 0.29) is 0 Å². The molecule has 0 amide bonds. The fourth-order valence-electron chi connectivity index (χ4n) is 3.44. The number of rotatable bonds is 5. The molecular weight excluding hydrogens is 254 g/mol. The largest absolute Gasteiger partial charge is 0.316 e. The van der Waals surface area contributed by atoms with Gasteiger partial charge in [-0.25, -0.2) is 0 Å². The minimum Gasteiger partial charge on any atom is -0.316 e. The van der Waals surface area contributed by atoms with Gasteiger partial charge in [-0.05, 0) is 47.8 Å². The SMILES string of the molecule is CC(CNCC1CCCc2ccccc21)c1ccccc1. The van der Waals surface area contributed by atoms with Crippen molar-refractivity contribution in [2.75, 3.05) is 13.1 Å². The van der Waals surface area contributed by atoms with E-state index in [2.05, 4.69) is 66.8 Å². The predicted molar refractivity (Wildman–Crippen MR) is 89.8 cm³/mol. The maximum Gasteiger partial charge on any atom is 0.00204 e. The Kier molecular flexibility index (Phi) is 4.72. The van der Waals surface area contributed by atoms with Crippen molar-refractivity contribution in [1.29, 1.82) is 0 Å². The normalized spacial score (nSPS) is 19.0. The van der Waals surface area contributed by atoms with Gasteiger partial charge in [-0.3, -0.25) is 0 Å². The van der Waals surface area contributed by atoms with E-state index in [4.69, 9.17) is 0 Å². The summed E-state index contributed by atoms with van der Waals surface area (Å²) in [4.78, 5) is 0. The molecule has 0 saturated carbocycles. The molecule has 0 aliphatic heterocycles. The Morgan fingerprint density at radius 1 is 1.05 bits per heavy atom. The van der Waals surface area contributed by atoms with Gasteiger partial charge in [0.25, 0.3) is 0 Å². The summed E-state index contributed by atoms with van der Waals surface area (Å²) in [6.07, 6.45) is 3.91. The lowest BCUT2D eigenvalue weighted by atomic mass is 9.83. The third-order valence-corrected chi connectivity index (χ3v) is 4.70. The molecule has 0 heterocycles. The molecule has 0 bridgehead atoms. The maximum absolute atomic E-state index is 3.69. The standard InChI is InChI=1S/C20H25N/c1-16(17-8-3-2-4-9-17)14-21-15-19-12-7-11-18-10-5-6-13-20(18)19/h2-6,8-10,13,16,19,21H,7,11-12,14-15H2,1H3. The molecule has 0 spiro atoms. The number of nitrogens with one attached hydrogen (secondary N) is 1. The lowest BCUT2D eigenvalue weighted by molar-refractivity contribution is 0.496. The fraction of sp³-hybridized carbons (Fsp3) is 0.400. The highest BCUT2D eigenvalue weighted by atomic mass is 14.9. The van der Waals surface area contributed by atoms with Crippen molar-refractivity contribution >= 4 is 0 Å². The molecular formula is C20H25N. The second-order valence-corrected chi connectivity index (χ2v) is 6.26. The maximum atomic E-state index is 3.69. The predicted octanol–water partition coefficient (Wildman–Crippen LogP) is 4.50. The molecule has 1 aliphatic carbocycles. The van der Waals surface area contributed by atoms with E-state index in [0.29, 0.717) is 11.8 Å². The van der Waals surface area contributed by atoms with Crippen LogP contribution < -0.4 is 5.32 Å². The summed E-state index contributed by atoms with van der Waals surface area (Å²) in [5, 5.41) is 3.69. The van der Waals surface area contributed by atoms with Crippen LogP contribution in [0.15, 0.2) is 54.6 Å². The van der Waals surface area contributed by atoms with Crippen LogP contribution in [0.1, 0.15) is 48.3 Å². The van der Waals surface area contributed by atoms with Gasteiger partial charge >= 0.3 is 0 Å². The van der Waals surface area contributed by atoms with Crippen LogP contribution in [0.4, 0.5) is 0 Å². The number of hydrogen-bond acceptors (Lipinski definition) is 1. The van der Waals surface area contributed by atoms with Gasteiger partial charge in [0.05, 0.1) is 0 Å². The summed E-state index contributed by atoms with van der Waals surface area (Å²) >= 11 is 0. The Hall–Kier alpha value is -1.60. The Balaban J connectivity index is 1.55. The second kappa shape index (κ2) is 6.91. The van der Waals surface area contributed by atoms with Gasteiger partial charge < -0.3 is 5.32 Å². The summed E-state index contributed by atoms with van der Waals surface area (Å²) in [5.41, 5.74) is 4.56. The molecule has 2 unspecified atom stereocenters. The Bertz CT molecular complexity index is 561. The van der Waals surface area contributed by atoms with Crippen molar-refractivity contribution < 1.29 is 0 Å².